The van der Waals surface area contributed by atoms with E-state index in [1.807, 2.05) is 0 Å². The van der Waals surface area contributed by atoms with Crippen LogP contribution in [-0.4, -0.2) is 20.6 Å². The molecule has 9 heteroatoms. The fourth-order valence-corrected chi connectivity index (χ4v) is 3.89. The Hall–Kier alpha value is -2.68. The summed E-state index contributed by atoms with van der Waals surface area (Å²) in [4.78, 5) is 4.12. The maximum Gasteiger partial charge on any atom is 0.416 e. The first-order valence-electron chi connectivity index (χ1n) is 7.89. The Balaban J connectivity index is 1.78. The minimum Gasteiger partial charge on any atom is -0.339 e. The zero-order valence-electron chi connectivity index (χ0n) is 14.5. The van der Waals surface area contributed by atoms with Gasteiger partial charge in [0, 0.05) is 18.7 Å². The Morgan fingerprint density at radius 2 is 1.70 bits per heavy atom. The lowest BCUT2D eigenvalue weighted by Crippen LogP contribution is -2.05. The quantitative estimate of drug-likeness (QED) is 0.624. The Kier molecular flexibility index (Phi) is 5.05. The van der Waals surface area contributed by atoms with Crippen LogP contribution in [0.4, 0.5) is 18.9 Å². The largest absolute Gasteiger partial charge is 0.416 e. The van der Waals surface area contributed by atoms with E-state index in [4.69, 9.17) is 4.52 Å². The van der Waals surface area contributed by atoms with Gasteiger partial charge in [-0.1, -0.05) is 17.3 Å². The predicted octanol–water partition coefficient (Wildman–Crippen LogP) is 4.99. The van der Waals surface area contributed by atoms with Crippen molar-refractivity contribution in [3.05, 3.63) is 65.5 Å². The Bertz CT molecular complexity index is 1050. The average molecular weight is 395 g/mol. The van der Waals surface area contributed by atoms with Crippen LogP contribution in [0.25, 0.3) is 11.4 Å². The van der Waals surface area contributed by atoms with Gasteiger partial charge in [-0.3, -0.25) is 0 Å². The van der Waals surface area contributed by atoms with Gasteiger partial charge in [-0.05, 0) is 42.0 Å². The fourth-order valence-electron chi connectivity index (χ4n) is 2.44. The van der Waals surface area contributed by atoms with Crippen LogP contribution in [0.15, 0.2) is 57.4 Å². The maximum atomic E-state index is 12.7. The normalized spacial score (nSPS) is 14.0. The van der Waals surface area contributed by atoms with E-state index in [-0.39, 0.29) is 5.75 Å². The lowest BCUT2D eigenvalue weighted by Gasteiger charge is -2.08. The molecule has 0 saturated heterocycles. The summed E-state index contributed by atoms with van der Waals surface area (Å²) < 4.78 is 59.7. The van der Waals surface area contributed by atoms with Crippen LogP contribution < -0.4 is 0 Å². The molecular weight excluding hydrogens is 379 g/mol. The molecule has 0 bridgehead atoms. The number of benzene rings is 2. The molecule has 1 atom stereocenters. The van der Waals surface area contributed by atoms with Crippen molar-refractivity contribution in [2.24, 2.45) is 4.36 Å². The highest BCUT2D eigenvalue weighted by Gasteiger charge is 2.29. The fraction of sp³-hybridized carbons (Fsp3) is 0.222. The van der Waals surface area contributed by atoms with Crippen LogP contribution in [0.5, 0.6) is 0 Å². The molecule has 1 unspecified atom stereocenters. The second kappa shape index (κ2) is 7.15. The van der Waals surface area contributed by atoms with Gasteiger partial charge >= 0.3 is 6.18 Å². The highest BCUT2D eigenvalue weighted by atomic mass is 32.2. The molecule has 0 N–H and O–H groups in total. The van der Waals surface area contributed by atoms with Crippen molar-refractivity contribution in [2.75, 3.05) is 6.26 Å². The van der Waals surface area contributed by atoms with E-state index in [9.17, 15) is 17.4 Å². The highest BCUT2D eigenvalue weighted by molar-refractivity contribution is 7.92. The molecule has 0 aliphatic rings. The van der Waals surface area contributed by atoms with Crippen LogP contribution in [-0.2, 0) is 21.7 Å². The first kappa shape index (κ1) is 19.1. The van der Waals surface area contributed by atoms with Crippen LogP contribution in [0, 0.1) is 6.92 Å². The van der Waals surface area contributed by atoms with E-state index < -0.39 is 21.5 Å². The third-order valence-electron chi connectivity index (χ3n) is 3.67. The van der Waals surface area contributed by atoms with E-state index in [0.29, 0.717) is 23.0 Å². The van der Waals surface area contributed by atoms with Gasteiger partial charge in [-0.25, -0.2) is 4.21 Å². The molecule has 2 aromatic carbocycles. The molecule has 3 aromatic rings. The van der Waals surface area contributed by atoms with Crippen LogP contribution in [0.3, 0.4) is 0 Å². The summed E-state index contributed by atoms with van der Waals surface area (Å²) in [5.74, 6) is 0.949. The van der Waals surface area contributed by atoms with E-state index in [2.05, 4.69) is 14.5 Å². The zero-order valence-corrected chi connectivity index (χ0v) is 15.3. The van der Waals surface area contributed by atoms with Gasteiger partial charge in [0.15, 0.2) is 0 Å². The molecule has 5 nitrogen and oxygen atoms in total. The molecule has 0 aliphatic heterocycles. The summed E-state index contributed by atoms with van der Waals surface area (Å²) in [6.45, 7) is 1.69. The molecule has 0 saturated carbocycles. The van der Waals surface area contributed by atoms with Crippen molar-refractivity contribution in [1.29, 1.82) is 0 Å². The summed E-state index contributed by atoms with van der Waals surface area (Å²) in [7, 11) is -2.67. The number of halogens is 3. The molecule has 27 heavy (non-hydrogen) atoms. The molecule has 142 valence electrons. The molecule has 0 radical (unpaired) electrons. The molecular formula is C18H16F3N3O2S. The predicted molar refractivity (Wildman–Crippen MR) is 95.8 cm³/mol. The van der Waals surface area contributed by atoms with Crippen LogP contribution >= 0.6 is 0 Å². The van der Waals surface area contributed by atoms with E-state index in [0.717, 1.165) is 17.7 Å². The summed E-state index contributed by atoms with van der Waals surface area (Å²) in [6, 6.07) is 11.4. The summed E-state index contributed by atoms with van der Waals surface area (Å²) >= 11 is 0. The van der Waals surface area contributed by atoms with Crippen LogP contribution in [0.2, 0.25) is 0 Å². The van der Waals surface area contributed by atoms with Crippen molar-refractivity contribution in [3.8, 4) is 11.4 Å². The molecule has 0 spiro atoms. The Morgan fingerprint density at radius 1 is 1.07 bits per heavy atom. The Morgan fingerprint density at radius 3 is 2.22 bits per heavy atom. The number of hydrogen-bond acceptors (Lipinski definition) is 5. The molecule has 0 aliphatic carbocycles. The monoisotopic (exact) mass is 395 g/mol. The topological polar surface area (TPSA) is 68.3 Å². The van der Waals surface area contributed by atoms with Crippen LogP contribution in [0.1, 0.15) is 17.0 Å². The first-order chi connectivity index (χ1) is 12.6. The van der Waals surface area contributed by atoms with Gasteiger partial charge in [0.1, 0.15) is 0 Å². The van der Waals surface area contributed by atoms with Crippen molar-refractivity contribution in [2.45, 2.75) is 18.9 Å². The van der Waals surface area contributed by atoms with E-state index in [1.54, 1.807) is 31.2 Å². The van der Waals surface area contributed by atoms with Gasteiger partial charge in [-0.15, -0.1) is 0 Å². The standard InChI is InChI=1S/C18H16F3N3O2S/c1-12-22-17(23-26-12)14-5-9-16(10-6-14)24-27(2,25)11-13-3-7-15(8-4-13)18(19,20)21/h3-10H,11H2,1-2H3. The number of aromatic nitrogens is 2. The summed E-state index contributed by atoms with van der Waals surface area (Å²) in [5.41, 5.74) is 1.02. The van der Waals surface area contributed by atoms with E-state index in [1.165, 1.54) is 18.4 Å². The minimum atomic E-state index is -4.39. The number of nitrogens with zero attached hydrogens (tertiary/aromatic N) is 3. The van der Waals surface area contributed by atoms with Gasteiger partial charge < -0.3 is 4.52 Å². The third-order valence-corrected chi connectivity index (χ3v) is 5.13. The molecule has 0 amide bonds. The van der Waals surface area contributed by atoms with Crippen molar-refractivity contribution in [3.63, 3.8) is 0 Å². The number of alkyl halides is 3. The number of hydrogen-bond donors (Lipinski definition) is 0. The smallest absolute Gasteiger partial charge is 0.339 e. The lowest BCUT2D eigenvalue weighted by molar-refractivity contribution is -0.137. The second-order valence-corrected chi connectivity index (χ2v) is 8.46. The zero-order chi connectivity index (χ0) is 19.7. The van der Waals surface area contributed by atoms with Gasteiger partial charge in [-0.2, -0.15) is 22.5 Å². The van der Waals surface area contributed by atoms with E-state index >= 15 is 0 Å². The lowest BCUT2D eigenvalue weighted by atomic mass is 10.1. The third kappa shape index (κ3) is 4.94. The molecule has 0 fully saturated rings. The SMILES string of the molecule is Cc1nc(-c2ccc(N=S(C)(=O)Cc3ccc(C(F)(F)F)cc3)cc2)no1. The highest BCUT2D eigenvalue weighted by Crippen LogP contribution is 2.29. The van der Waals surface area contributed by atoms with Gasteiger partial charge in [0.2, 0.25) is 11.7 Å². The second-order valence-electron chi connectivity index (χ2n) is 6.07. The number of rotatable bonds is 4. The van der Waals surface area contributed by atoms with Crippen molar-refractivity contribution < 1.29 is 21.9 Å². The summed E-state index contributed by atoms with van der Waals surface area (Å²) in [6.07, 6.45) is -2.92. The first-order valence-corrected chi connectivity index (χ1v) is 9.98. The average Bonchev–Trinajstić information content (AvgIpc) is 3.01. The molecule has 1 aromatic heterocycles. The molecule has 3 rings (SSSR count). The van der Waals surface area contributed by atoms with Crippen molar-refractivity contribution >= 4 is 15.4 Å². The summed E-state index contributed by atoms with van der Waals surface area (Å²) in [5, 5.41) is 3.82. The maximum absolute atomic E-state index is 12.7. The Labute approximate surface area is 154 Å². The van der Waals surface area contributed by atoms with Gasteiger partial charge in [0.25, 0.3) is 0 Å². The minimum absolute atomic E-state index is 0.0525. The number of aryl methyl sites for hydroxylation is 1. The van der Waals surface area contributed by atoms with Gasteiger partial charge in [0.05, 0.1) is 26.7 Å². The molecule has 1 heterocycles. The van der Waals surface area contributed by atoms with Crippen molar-refractivity contribution in [1.82, 2.24) is 10.1 Å².